The van der Waals surface area contributed by atoms with Crippen LogP contribution in [-0.2, 0) is 0 Å². The monoisotopic (exact) mass is 280 g/mol. The maximum atomic E-state index is 9.52. The molecule has 0 radical (unpaired) electrons. The molecule has 1 saturated heterocycles. The number of likely N-dealkylation sites (tertiary alicyclic amines) is 1. The standard InChI is InChI=1S/C17H32N2O/c18-17(14-20)8-4-5-15(13-17)19-11-9-16(10-12-19)6-2-1-3-7-16/h15,20H,1-14,18H2. The van der Waals surface area contributed by atoms with Crippen LogP contribution in [0, 0.1) is 5.41 Å². The van der Waals surface area contributed by atoms with Crippen LogP contribution in [0.25, 0.3) is 0 Å². The summed E-state index contributed by atoms with van der Waals surface area (Å²) in [5.74, 6) is 0. The highest BCUT2D eigenvalue weighted by Gasteiger charge is 2.40. The van der Waals surface area contributed by atoms with Gasteiger partial charge in [-0.1, -0.05) is 19.3 Å². The van der Waals surface area contributed by atoms with Gasteiger partial charge in [0.05, 0.1) is 6.61 Å². The zero-order chi connectivity index (χ0) is 14.1. The summed E-state index contributed by atoms with van der Waals surface area (Å²) < 4.78 is 0. The fourth-order valence-electron chi connectivity index (χ4n) is 4.98. The molecule has 0 aromatic heterocycles. The van der Waals surface area contributed by atoms with Gasteiger partial charge in [-0.15, -0.1) is 0 Å². The molecule has 20 heavy (non-hydrogen) atoms. The van der Waals surface area contributed by atoms with Crippen LogP contribution in [0.2, 0.25) is 0 Å². The first-order chi connectivity index (χ1) is 9.65. The largest absolute Gasteiger partial charge is 0.394 e. The predicted octanol–water partition coefficient (Wildman–Crippen LogP) is 2.67. The molecule has 3 nitrogen and oxygen atoms in total. The molecular weight excluding hydrogens is 248 g/mol. The molecule has 0 amide bonds. The van der Waals surface area contributed by atoms with Crippen LogP contribution in [0.5, 0.6) is 0 Å². The van der Waals surface area contributed by atoms with Crippen molar-refractivity contribution in [1.29, 1.82) is 0 Å². The van der Waals surface area contributed by atoms with E-state index in [9.17, 15) is 5.11 Å². The van der Waals surface area contributed by atoms with E-state index in [1.54, 1.807) is 0 Å². The van der Waals surface area contributed by atoms with E-state index in [1.807, 2.05) is 0 Å². The third kappa shape index (κ3) is 3.05. The molecule has 0 aromatic carbocycles. The number of nitrogens with zero attached hydrogens (tertiary/aromatic N) is 1. The second kappa shape index (κ2) is 5.94. The van der Waals surface area contributed by atoms with Crippen molar-refractivity contribution in [1.82, 2.24) is 4.90 Å². The summed E-state index contributed by atoms with van der Waals surface area (Å²) in [4.78, 5) is 2.69. The lowest BCUT2D eigenvalue weighted by Crippen LogP contribution is -2.55. The summed E-state index contributed by atoms with van der Waals surface area (Å²) in [7, 11) is 0. The summed E-state index contributed by atoms with van der Waals surface area (Å²) in [6, 6.07) is 0.627. The fraction of sp³-hybridized carbons (Fsp3) is 1.00. The van der Waals surface area contributed by atoms with E-state index in [-0.39, 0.29) is 12.1 Å². The Bertz CT molecular complexity index is 317. The van der Waals surface area contributed by atoms with E-state index in [1.165, 1.54) is 70.9 Å². The normalized spacial score (nSPS) is 39.0. The maximum absolute atomic E-state index is 9.52. The van der Waals surface area contributed by atoms with Gasteiger partial charge in [0.2, 0.25) is 0 Å². The second-order valence-corrected chi connectivity index (χ2v) is 7.87. The van der Waals surface area contributed by atoms with Crippen molar-refractivity contribution < 1.29 is 5.11 Å². The molecule has 2 aliphatic carbocycles. The van der Waals surface area contributed by atoms with Crippen LogP contribution in [0.15, 0.2) is 0 Å². The third-order valence-corrected chi connectivity index (χ3v) is 6.46. The van der Waals surface area contributed by atoms with Gasteiger partial charge < -0.3 is 15.7 Å². The Kier molecular flexibility index (Phi) is 4.40. The van der Waals surface area contributed by atoms with Gasteiger partial charge in [0.25, 0.3) is 0 Å². The van der Waals surface area contributed by atoms with E-state index in [0.29, 0.717) is 11.5 Å². The number of piperidine rings is 1. The number of aliphatic hydroxyl groups is 1. The smallest absolute Gasteiger partial charge is 0.0611 e. The minimum Gasteiger partial charge on any atom is -0.394 e. The summed E-state index contributed by atoms with van der Waals surface area (Å²) in [5.41, 5.74) is 6.71. The first kappa shape index (κ1) is 14.8. The third-order valence-electron chi connectivity index (χ3n) is 6.46. The number of rotatable bonds is 2. The highest BCUT2D eigenvalue weighted by atomic mass is 16.3. The van der Waals surface area contributed by atoms with Crippen LogP contribution >= 0.6 is 0 Å². The lowest BCUT2D eigenvalue weighted by molar-refractivity contribution is 0.0171. The van der Waals surface area contributed by atoms with Crippen LogP contribution in [0.3, 0.4) is 0 Å². The van der Waals surface area contributed by atoms with Gasteiger partial charge in [-0.05, 0) is 69.9 Å². The van der Waals surface area contributed by atoms with Crippen molar-refractivity contribution in [3.8, 4) is 0 Å². The molecule has 1 spiro atoms. The van der Waals surface area contributed by atoms with Crippen molar-refractivity contribution in [2.75, 3.05) is 19.7 Å². The van der Waals surface area contributed by atoms with Gasteiger partial charge >= 0.3 is 0 Å². The Hall–Kier alpha value is -0.120. The van der Waals surface area contributed by atoms with Crippen LogP contribution in [0.1, 0.15) is 70.6 Å². The van der Waals surface area contributed by atoms with Crippen molar-refractivity contribution in [2.24, 2.45) is 11.1 Å². The van der Waals surface area contributed by atoms with Gasteiger partial charge in [-0.25, -0.2) is 0 Å². The molecule has 0 aromatic rings. The topological polar surface area (TPSA) is 49.5 Å². The molecule has 2 saturated carbocycles. The lowest BCUT2D eigenvalue weighted by Gasteiger charge is -2.49. The molecule has 0 bridgehead atoms. The van der Waals surface area contributed by atoms with E-state index >= 15 is 0 Å². The Morgan fingerprint density at radius 2 is 1.65 bits per heavy atom. The summed E-state index contributed by atoms with van der Waals surface area (Å²) >= 11 is 0. The Morgan fingerprint density at radius 3 is 2.30 bits per heavy atom. The Balaban J connectivity index is 1.55. The van der Waals surface area contributed by atoms with Crippen LogP contribution in [0.4, 0.5) is 0 Å². The summed E-state index contributed by atoms with van der Waals surface area (Å²) in [6.07, 6.45) is 14.6. The average molecular weight is 280 g/mol. The zero-order valence-electron chi connectivity index (χ0n) is 12.9. The molecule has 3 aliphatic rings. The Labute approximate surface area is 123 Å². The average Bonchev–Trinajstić information content (AvgIpc) is 2.49. The first-order valence-electron chi connectivity index (χ1n) is 8.79. The maximum Gasteiger partial charge on any atom is 0.0611 e. The SMILES string of the molecule is NC1(CO)CCCC(N2CCC3(CCCCC3)CC2)C1. The predicted molar refractivity (Wildman–Crippen MR) is 82.6 cm³/mol. The van der Waals surface area contributed by atoms with Gasteiger partial charge in [0, 0.05) is 11.6 Å². The van der Waals surface area contributed by atoms with Crippen molar-refractivity contribution in [3.05, 3.63) is 0 Å². The number of aliphatic hydroxyl groups excluding tert-OH is 1. The molecule has 1 aliphatic heterocycles. The minimum atomic E-state index is -0.303. The van der Waals surface area contributed by atoms with Crippen molar-refractivity contribution in [3.63, 3.8) is 0 Å². The molecule has 3 N–H and O–H groups in total. The molecule has 2 unspecified atom stereocenters. The van der Waals surface area contributed by atoms with E-state index < -0.39 is 0 Å². The Morgan fingerprint density at radius 1 is 0.950 bits per heavy atom. The highest BCUT2D eigenvalue weighted by Crippen LogP contribution is 2.45. The number of hydrogen-bond donors (Lipinski definition) is 2. The van der Waals surface area contributed by atoms with Gasteiger partial charge in [0.15, 0.2) is 0 Å². The van der Waals surface area contributed by atoms with Crippen LogP contribution < -0.4 is 5.73 Å². The van der Waals surface area contributed by atoms with Gasteiger partial charge in [0.1, 0.15) is 0 Å². The van der Waals surface area contributed by atoms with Gasteiger partial charge in [-0.3, -0.25) is 0 Å². The lowest BCUT2D eigenvalue weighted by atomic mass is 9.67. The molecule has 3 rings (SSSR count). The highest BCUT2D eigenvalue weighted by molar-refractivity contribution is 4.96. The van der Waals surface area contributed by atoms with Crippen LogP contribution in [-0.4, -0.2) is 41.3 Å². The van der Waals surface area contributed by atoms with E-state index in [4.69, 9.17) is 5.73 Å². The molecule has 116 valence electrons. The molecular formula is C17H32N2O. The first-order valence-corrected chi connectivity index (χ1v) is 8.79. The van der Waals surface area contributed by atoms with E-state index in [0.717, 1.165) is 12.8 Å². The second-order valence-electron chi connectivity index (χ2n) is 7.87. The molecule has 3 heteroatoms. The van der Waals surface area contributed by atoms with E-state index in [2.05, 4.69) is 4.90 Å². The van der Waals surface area contributed by atoms with Crippen molar-refractivity contribution in [2.45, 2.75) is 82.2 Å². The zero-order valence-corrected chi connectivity index (χ0v) is 12.9. The van der Waals surface area contributed by atoms with Crippen molar-refractivity contribution >= 4 is 0 Å². The minimum absolute atomic E-state index is 0.154. The molecule has 3 fully saturated rings. The molecule has 2 atom stereocenters. The summed E-state index contributed by atoms with van der Waals surface area (Å²) in [6.45, 7) is 2.69. The van der Waals surface area contributed by atoms with Gasteiger partial charge in [-0.2, -0.15) is 0 Å². The number of nitrogens with two attached hydrogens (primary N) is 1. The number of hydrogen-bond acceptors (Lipinski definition) is 3. The quantitative estimate of drug-likeness (QED) is 0.817. The fourth-order valence-corrected chi connectivity index (χ4v) is 4.98. The summed E-state index contributed by atoms with van der Waals surface area (Å²) in [5, 5.41) is 9.52. The molecule has 1 heterocycles.